The summed E-state index contributed by atoms with van der Waals surface area (Å²) >= 11 is 0. The van der Waals surface area contributed by atoms with Gasteiger partial charge in [-0.1, -0.05) is 48.5 Å². The number of aromatic amines is 1. The molecule has 0 aliphatic heterocycles. The quantitative estimate of drug-likeness (QED) is 0.777. The van der Waals surface area contributed by atoms with E-state index < -0.39 is 0 Å². The Hall–Kier alpha value is -2.75. The Morgan fingerprint density at radius 1 is 1.09 bits per heavy atom. The minimum absolute atomic E-state index is 0.101. The van der Waals surface area contributed by atoms with Gasteiger partial charge in [0.15, 0.2) is 0 Å². The molecule has 1 aromatic heterocycles. The molecule has 2 N–H and O–H groups in total. The van der Waals surface area contributed by atoms with Crippen LogP contribution in [0.25, 0.3) is 10.9 Å². The maximum absolute atomic E-state index is 12.0. The van der Waals surface area contributed by atoms with Crippen molar-refractivity contribution < 1.29 is 9.53 Å². The molecule has 0 saturated carbocycles. The number of carbonyl (C=O) groups is 1. The normalized spacial score (nSPS) is 16.3. The largest absolute Gasteiger partial charge is 0.445 e. The second-order valence-corrected chi connectivity index (χ2v) is 5.94. The van der Waals surface area contributed by atoms with Gasteiger partial charge in [-0.25, -0.2) is 4.79 Å². The van der Waals surface area contributed by atoms with Gasteiger partial charge >= 0.3 is 6.09 Å². The highest BCUT2D eigenvalue weighted by Crippen LogP contribution is 2.29. The van der Waals surface area contributed by atoms with Gasteiger partial charge in [-0.05, 0) is 23.6 Å². The molecule has 0 bridgehead atoms. The molecular weight excluding hydrogens is 288 g/mol. The second kappa shape index (κ2) is 5.80. The van der Waals surface area contributed by atoms with Crippen LogP contribution in [-0.2, 0) is 24.2 Å². The SMILES string of the molecule is O=C(NC1Cc2[nH]c3ccccc3c2C1)OCc1ccccc1. The zero-order valence-electron chi connectivity index (χ0n) is 12.7. The third kappa shape index (κ3) is 2.80. The van der Waals surface area contributed by atoms with Crippen LogP contribution in [0.2, 0.25) is 0 Å². The van der Waals surface area contributed by atoms with Gasteiger partial charge in [0.1, 0.15) is 6.61 Å². The van der Waals surface area contributed by atoms with E-state index in [1.807, 2.05) is 42.5 Å². The van der Waals surface area contributed by atoms with Crippen LogP contribution >= 0.6 is 0 Å². The van der Waals surface area contributed by atoms with Gasteiger partial charge < -0.3 is 15.0 Å². The number of nitrogens with one attached hydrogen (secondary N) is 2. The third-order valence-electron chi connectivity index (χ3n) is 4.34. The van der Waals surface area contributed by atoms with E-state index in [0.717, 1.165) is 18.4 Å². The van der Waals surface area contributed by atoms with Crippen molar-refractivity contribution in [3.63, 3.8) is 0 Å². The molecule has 4 heteroatoms. The van der Waals surface area contributed by atoms with Gasteiger partial charge in [-0.3, -0.25) is 0 Å². The van der Waals surface area contributed by atoms with Crippen molar-refractivity contribution in [1.29, 1.82) is 0 Å². The molecule has 1 unspecified atom stereocenters. The fourth-order valence-electron chi connectivity index (χ4n) is 3.26. The highest BCUT2D eigenvalue weighted by molar-refractivity contribution is 5.85. The minimum Gasteiger partial charge on any atom is -0.445 e. The molecule has 0 radical (unpaired) electrons. The van der Waals surface area contributed by atoms with Crippen LogP contribution in [0.1, 0.15) is 16.8 Å². The fourth-order valence-corrected chi connectivity index (χ4v) is 3.26. The summed E-state index contributed by atoms with van der Waals surface area (Å²) < 4.78 is 5.29. The molecule has 0 saturated heterocycles. The molecule has 23 heavy (non-hydrogen) atoms. The van der Waals surface area contributed by atoms with E-state index in [1.165, 1.54) is 22.2 Å². The number of benzene rings is 2. The number of hydrogen-bond donors (Lipinski definition) is 2. The number of rotatable bonds is 3. The number of H-pyrrole nitrogens is 1. The number of fused-ring (bicyclic) bond motifs is 3. The van der Waals surface area contributed by atoms with E-state index in [1.54, 1.807) is 0 Å². The summed E-state index contributed by atoms with van der Waals surface area (Å²) in [6.07, 6.45) is 1.32. The lowest BCUT2D eigenvalue weighted by Crippen LogP contribution is -2.35. The third-order valence-corrected chi connectivity index (χ3v) is 4.34. The predicted octanol–water partition coefficient (Wildman–Crippen LogP) is 3.56. The molecule has 4 nitrogen and oxygen atoms in total. The van der Waals surface area contributed by atoms with Gasteiger partial charge in [0.2, 0.25) is 0 Å². The van der Waals surface area contributed by atoms with Crippen LogP contribution in [0.5, 0.6) is 0 Å². The Kier molecular flexibility index (Phi) is 3.50. The first kappa shape index (κ1) is 13.9. The average molecular weight is 306 g/mol. The van der Waals surface area contributed by atoms with E-state index >= 15 is 0 Å². The molecule has 2 aromatic carbocycles. The number of ether oxygens (including phenoxy) is 1. The van der Waals surface area contributed by atoms with Gasteiger partial charge in [0.25, 0.3) is 0 Å². The molecule has 1 atom stereocenters. The highest BCUT2D eigenvalue weighted by Gasteiger charge is 2.26. The molecule has 1 amide bonds. The van der Waals surface area contributed by atoms with Crippen molar-refractivity contribution in [1.82, 2.24) is 10.3 Å². The fraction of sp³-hybridized carbons (Fsp3) is 0.211. The van der Waals surface area contributed by atoms with Crippen molar-refractivity contribution in [2.24, 2.45) is 0 Å². The molecule has 0 fully saturated rings. The lowest BCUT2D eigenvalue weighted by molar-refractivity contribution is 0.136. The van der Waals surface area contributed by atoms with Crippen LogP contribution in [0, 0.1) is 0 Å². The Morgan fingerprint density at radius 2 is 1.87 bits per heavy atom. The summed E-state index contributed by atoms with van der Waals surface area (Å²) in [5, 5.41) is 4.22. The van der Waals surface area contributed by atoms with Gasteiger partial charge in [0, 0.05) is 29.1 Å². The Bertz CT molecular complexity index is 839. The number of carbonyl (C=O) groups excluding carboxylic acids is 1. The zero-order valence-corrected chi connectivity index (χ0v) is 12.7. The Balaban J connectivity index is 1.36. The van der Waals surface area contributed by atoms with Gasteiger partial charge in [0.05, 0.1) is 0 Å². The van der Waals surface area contributed by atoms with Crippen molar-refractivity contribution in [3.05, 3.63) is 71.4 Å². The molecule has 1 aliphatic rings. The highest BCUT2D eigenvalue weighted by atomic mass is 16.5. The molecule has 116 valence electrons. The van der Waals surface area contributed by atoms with Crippen LogP contribution in [0.4, 0.5) is 4.79 Å². The molecule has 0 spiro atoms. The van der Waals surface area contributed by atoms with Gasteiger partial charge in [-0.15, -0.1) is 0 Å². The van der Waals surface area contributed by atoms with E-state index in [0.29, 0.717) is 6.61 Å². The number of aromatic nitrogens is 1. The van der Waals surface area contributed by atoms with Crippen LogP contribution in [-0.4, -0.2) is 17.1 Å². The van der Waals surface area contributed by atoms with Crippen molar-refractivity contribution in [3.8, 4) is 0 Å². The number of amides is 1. The molecule has 4 rings (SSSR count). The van der Waals surface area contributed by atoms with Crippen molar-refractivity contribution in [2.45, 2.75) is 25.5 Å². The summed E-state index contributed by atoms with van der Waals surface area (Å²) in [5.41, 5.74) is 4.70. The first-order chi connectivity index (χ1) is 11.3. The van der Waals surface area contributed by atoms with E-state index in [2.05, 4.69) is 22.4 Å². The van der Waals surface area contributed by atoms with Crippen LogP contribution in [0.3, 0.4) is 0 Å². The summed E-state index contributed by atoms with van der Waals surface area (Å²) in [5.74, 6) is 0. The maximum Gasteiger partial charge on any atom is 0.407 e. The average Bonchev–Trinajstić information content (AvgIpc) is 3.11. The standard InChI is InChI=1S/C19H18N2O2/c22-19(23-12-13-6-2-1-3-7-13)20-14-10-16-15-8-4-5-9-17(15)21-18(16)11-14/h1-9,14,21H,10-12H2,(H,20,22). The molecular formula is C19H18N2O2. The Labute approximate surface area is 134 Å². The summed E-state index contributed by atoms with van der Waals surface area (Å²) in [6, 6.07) is 18.1. The topological polar surface area (TPSA) is 54.1 Å². The summed E-state index contributed by atoms with van der Waals surface area (Å²) in [7, 11) is 0. The van der Waals surface area contributed by atoms with E-state index in [4.69, 9.17) is 4.74 Å². The molecule has 3 aromatic rings. The minimum atomic E-state index is -0.353. The van der Waals surface area contributed by atoms with E-state index in [-0.39, 0.29) is 12.1 Å². The second-order valence-electron chi connectivity index (χ2n) is 5.94. The maximum atomic E-state index is 12.0. The van der Waals surface area contributed by atoms with Crippen molar-refractivity contribution in [2.75, 3.05) is 0 Å². The monoisotopic (exact) mass is 306 g/mol. The first-order valence-electron chi connectivity index (χ1n) is 7.85. The first-order valence-corrected chi connectivity index (χ1v) is 7.85. The smallest absolute Gasteiger partial charge is 0.407 e. The van der Waals surface area contributed by atoms with Gasteiger partial charge in [-0.2, -0.15) is 0 Å². The lowest BCUT2D eigenvalue weighted by Gasteiger charge is -2.12. The summed E-state index contributed by atoms with van der Waals surface area (Å²) in [6.45, 7) is 0.299. The Morgan fingerprint density at radius 3 is 2.74 bits per heavy atom. The van der Waals surface area contributed by atoms with Crippen LogP contribution < -0.4 is 5.32 Å². The predicted molar refractivity (Wildman–Crippen MR) is 89.3 cm³/mol. The lowest BCUT2D eigenvalue weighted by atomic mass is 10.1. The molecule has 1 heterocycles. The number of alkyl carbamates (subject to hydrolysis) is 1. The summed E-state index contributed by atoms with van der Waals surface area (Å²) in [4.78, 5) is 15.4. The number of para-hydroxylation sites is 1. The zero-order chi connectivity index (χ0) is 15.6. The van der Waals surface area contributed by atoms with Crippen LogP contribution in [0.15, 0.2) is 54.6 Å². The van der Waals surface area contributed by atoms with Crippen molar-refractivity contribution >= 4 is 17.0 Å². The van der Waals surface area contributed by atoms with E-state index in [9.17, 15) is 4.79 Å². The molecule has 1 aliphatic carbocycles. The number of hydrogen-bond acceptors (Lipinski definition) is 2.